The van der Waals surface area contributed by atoms with Gasteiger partial charge in [0, 0.05) is 39.3 Å². The molecule has 1 aromatic carbocycles. The second-order valence-electron chi connectivity index (χ2n) is 8.82. The Morgan fingerprint density at radius 1 is 1.11 bits per heavy atom. The number of ether oxygens (including phenoxy) is 1. The van der Waals surface area contributed by atoms with Crippen LogP contribution >= 0.6 is 0 Å². The van der Waals surface area contributed by atoms with E-state index in [4.69, 9.17) is 4.74 Å². The van der Waals surface area contributed by atoms with Gasteiger partial charge in [0.15, 0.2) is 0 Å². The molecule has 12 heteroatoms. The second kappa shape index (κ2) is 12.7. The molecule has 2 fully saturated rings. The van der Waals surface area contributed by atoms with Crippen LogP contribution in [0.2, 0.25) is 0 Å². The van der Waals surface area contributed by atoms with Crippen molar-refractivity contribution in [2.24, 2.45) is 0 Å². The highest BCUT2D eigenvalue weighted by Crippen LogP contribution is 2.26. The summed E-state index contributed by atoms with van der Waals surface area (Å²) in [5.74, 6) is 0.614. The van der Waals surface area contributed by atoms with Crippen LogP contribution in [0.4, 0.5) is 22.2 Å². The third kappa shape index (κ3) is 6.56. The number of benzene rings is 1. The number of anilines is 3. The Labute approximate surface area is 209 Å². The summed E-state index contributed by atoms with van der Waals surface area (Å²) in [5.41, 5.74) is 0.722. The van der Waals surface area contributed by atoms with Crippen LogP contribution in [0.1, 0.15) is 24.8 Å². The summed E-state index contributed by atoms with van der Waals surface area (Å²) in [4.78, 5) is 32.6. The van der Waals surface area contributed by atoms with Crippen LogP contribution in [-0.4, -0.2) is 101 Å². The molecule has 36 heavy (non-hydrogen) atoms. The van der Waals surface area contributed by atoms with Crippen molar-refractivity contribution in [1.82, 2.24) is 19.9 Å². The molecule has 1 atom stereocenters. The van der Waals surface area contributed by atoms with Gasteiger partial charge >= 0.3 is 0 Å². The molecule has 0 saturated carbocycles. The van der Waals surface area contributed by atoms with Crippen molar-refractivity contribution in [3.05, 3.63) is 35.6 Å². The van der Waals surface area contributed by atoms with Gasteiger partial charge in [0.1, 0.15) is 11.9 Å². The maximum Gasteiger partial charge on any atom is 0.245 e. The summed E-state index contributed by atoms with van der Waals surface area (Å²) >= 11 is 0. The minimum absolute atomic E-state index is 0.0387. The predicted molar refractivity (Wildman–Crippen MR) is 132 cm³/mol. The molecule has 2 aromatic rings. The maximum atomic E-state index is 13.6. The number of aliphatic hydroxyl groups is 2. The van der Waals surface area contributed by atoms with Crippen molar-refractivity contribution in [2.75, 3.05) is 74.3 Å². The van der Waals surface area contributed by atoms with Gasteiger partial charge in [-0.25, -0.2) is 4.39 Å². The Morgan fingerprint density at radius 3 is 2.61 bits per heavy atom. The van der Waals surface area contributed by atoms with Gasteiger partial charge in [0.05, 0.1) is 26.4 Å². The van der Waals surface area contributed by atoms with E-state index in [0.717, 1.165) is 18.4 Å². The lowest BCUT2D eigenvalue weighted by Crippen LogP contribution is -2.54. The van der Waals surface area contributed by atoms with Crippen molar-refractivity contribution < 1.29 is 24.1 Å². The molecule has 1 unspecified atom stereocenters. The molecule has 4 rings (SSSR count). The average Bonchev–Trinajstić information content (AvgIpc) is 2.92. The first-order valence-corrected chi connectivity index (χ1v) is 12.4. The number of hydrogen-bond donors (Lipinski definition) is 3. The molecule has 196 valence electrons. The lowest BCUT2D eigenvalue weighted by molar-refractivity contribution is -0.137. The Bertz CT molecular complexity index is 1000. The Kier molecular flexibility index (Phi) is 9.20. The van der Waals surface area contributed by atoms with Crippen LogP contribution in [0.25, 0.3) is 0 Å². The number of piperidine rings is 1. The van der Waals surface area contributed by atoms with Gasteiger partial charge < -0.3 is 35.0 Å². The van der Waals surface area contributed by atoms with Crippen molar-refractivity contribution in [1.29, 1.82) is 0 Å². The number of nitrogens with zero attached hydrogens (tertiary/aromatic N) is 6. The number of halogens is 1. The van der Waals surface area contributed by atoms with E-state index in [1.807, 2.05) is 9.80 Å². The van der Waals surface area contributed by atoms with Crippen LogP contribution in [0, 0.1) is 5.82 Å². The summed E-state index contributed by atoms with van der Waals surface area (Å²) in [5, 5.41) is 22.2. The summed E-state index contributed by atoms with van der Waals surface area (Å²) < 4.78 is 19.0. The Balaban J connectivity index is 1.63. The summed E-state index contributed by atoms with van der Waals surface area (Å²) in [6, 6.07) is 5.85. The van der Waals surface area contributed by atoms with Gasteiger partial charge in [0.2, 0.25) is 23.8 Å². The van der Waals surface area contributed by atoms with E-state index in [1.165, 1.54) is 12.1 Å². The van der Waals surface area contributed by atoms with Crippen LogP contribution in [0.5, 0.6) is 0 Å². The van der Waals surface area contributed by atoms with E-state index in [2.05, 4.69) is 20.3 Å². The molecule has 11 nitrogen and oxygen atoms in total. The van der Waals surface area contributed by atoms with E-state index in [9.17, 15) is 19.4 Å². The summed E-state index contributed by atoms with van der Waals surface area (Å²) in [6.45, 7) is 3.25. The minimum Gasteiger partial charge on any atom is -0.395 e. The van der Waals surface area contributed by atoms with E-state index in [1.54, 1.807) is 17.0 Å². The van der Waals surface area contributed by atoms with Gasteiger partial charge in [-0.1, -0.05) is 12.1 Å². The highest BCUT2D eigenvalue weighted by atomic mass is 19.1. The molecule has 0 aliphatic carbocycles. The number of aliphatic hydroxyl groups excluding tert-OH is 2. The average molecular weight is 504 g/mol. The normalized spacial score (nSPS) is 18.2. The molecule has 1 aromatic heterocycles. The van der Waals surface area contributed by atoms with Crippen LogP contribution in [-0.2, 0) is 16.1 Å². The number of rotatable bonds is 10. The molecule has 3 N–H and O–H groups in total. The van der Waals surface area contributed by atoms with E-state index in [0.29, 0.717) is 45.2 Å². The number of carbonyl (C=O) groups excluding carboxylic acids is 1. The molecule has 2 aliphatic heterocycles. The highest BCUT2D eigenvalue weighted by molar-refractivity contribution is 5.85. The third-order valence-corrected chi connectivity index (χ3v) is 6.34. The monoisotopic (exact) mass is 503 g/mol. The van der Waals surface area contributed by atoms with Gasteiger partial charge in [-0.2, -0.15) is 15.0 Å². The van der Waals surface area contributed by atoms with Crippen molar-refractivity contribution >= 4 is 23.8 Å². The summed E-state index contributed by atoms with van der Waals surface area (Å²) in [6.07, 6.45) is 2.53. The Morgan fingerprint density at radius 2 is 1.89 bits per heavy atom. The number of aromatic nitrogens is 3. The molecule has 0 spiro atoms. The zero-order valence-electron chi connectivity index (χ0n) is 20.4. The molecule has 2 aliphatic rings. The van der Waals surface area contributed by atoms with Gasteiger partial charge in [-0.05, 0) is 37.0 Å². The smallest absolute Gasteiger partial charge is 0.245 e. The van der Waals surface area contributed by atoms with Crippen LogP contribution in [0.3, 0.4) is 0 Å². The molecular weight excluding hydrogens is 469 g/mol. The minimum atomic E-state index is -0.396. The zero-order valence-corrected chi connectivity index (χ0v) is 20.4. The van der Waals surface area contributed by atoms with Crippen LogP contribution in [0.15, 0.2) is 24.3 Å². The topological polar surface area (TPSA) is 127 Å². The first kappa shape index (κ1) is 26.0. The standard InChI is InChI=1S/C24H34FN7O4/c25-19-5-3-4-18(16-19)17-26-22-27-23(31(8-12-33)9-13-34)29-24(28-22)32-7-2-1-6-20(32)21(35)30-10-14-36-15-11-30/h3-5,16,20,33-34H,1-2,6-15,17H2,(H,26,27,28,29). The van der Waals surface area contributed by atoms with E-state index < -0.39 is 6.04 Å². The Hall–Kier alpha value is -3.09. The van der Waals surface area contributed by atoms with E-state index in [-0.39, 0.29) is 56.5 Å². The molecule has 1 amide bonds. The molecule has 0 bridgehead atoms. The number of morpholine rings is 1. The van der Waals surface area contributed by atoms with Gasteiger partial charge in [-0.3, -0.25) is 4.79 Å². The largest absolute Gasteiger partial charge is 0.395 e. The highest BCUT2D eigenvalue weighted by Gasteiger charge is 2.34. The number of amides is 1. The number of hydrogen-bond acceptors (Lipinski definition) is 10. The number of nitrogens with one attached hydrogen (secondary N) is 1. The lowest BCUT2D eigenvalue weighted by atomic mass is 10.0. The van der Waals surface area contributed by atoms with Crippen LogP contribution < -0.4 is 15.1 Å². The fourth-order valence-corrected chi connectivity index (χ4v) is 4.51. The van der Waals surface area contributed by atoms with Gasteiger partial charge in [0.25, 0.3) is 0 Å². The van der Waals surface area contributed by atoms with E-state index >= 15 is 0 Å². The second-order valence-corrected chi connectivity index (χ2v) is 8.82. The molecule has 0 radical (unpaired) electrons. The SMILES string of the molecule is O=C(C1CCCCN1c1nc(NCc2cccc(F)c2)nc(N(CCO)CCO)n1)N1CCOCC1. The van der Waals surface area contributed by atoms with Crippen molar-refractivity contribution in [3.8, 4) is 0 Å². The fourth-order valence-electron chi connectivity index (χ4n) is 4.51. The quantitative estimate of drug-likeness (QED) is 0.425. The lowest BCUT2D eigenvalue weighted by Gasteiger charge is -2.39. The predicted octanol–water partition coefficient (Wildman–Crippen LogP) is 0.632. The maximum absolute atomic E-state index is 13.6. The number of carbonyl (C=O) groups is 1. The van der Waals surface area contributed by atoms with Gasteiger partial charge in [-0.15, -0.1) is 0 Å². The summed E-state index contributed by atoms with van der Waals surface area (Å²) in [7, 11) is 0. The zero-order chi connectivity index (χ0) is 25.3. The molecule has 3 heterocycles. The fraction of sp³-hybridized carbons (Fsp3) is 0.583. The third-order valence-electron chi connectivity index (χ3n) is 6.34. The van der Waals surface area contributed by atoms with Crippen molar-refractivity contribution in [2.45, 2.75) is 31.8 Å². The first-order chi connectivity index (χ1) is 17.6. The molecule has 2 saturated heterocycles. The molecular formula is C24H34FN7O4. The first-order valence-electron chi connectivity index (χ1n) is 12.4. The van der Waals surface area contributed by atoms with Crippen molar-refractivity contribution in [3.63, 3.8) is 0 Å².